The lowest BCUT2D eigenvalue weighted by Crippen LogP contribution is -2.15. The second-order valence-electron chi connectivity index (χ2n) is 5.23. The van der Waals surface area contributed by atoms with E-state index in [0.29, 0.717) is 22.0 Å². The van der Waals surface area contributed by atoms with Gasteiger partial charge in [-0.1, -0.05) is 17.7 Å². The SMILES string of the molecule is Cc1ccc(Cl)cc1N/C=C(/C#N)C(=O)Nc1ccc(O)cc1C. The van der Waals surface area contributed by atoms with Gasteiger partial charge in [0.25, 0.3) is 5.91 Å². The maximum Gasteiger partial charge on any atom is 0.267 e. The Labute approximate surface area is 145 Å². The highest BCUT2D eigenvalue weighted by atomic mass is 35.5. The third-order valence-electron chi connectivity index (χ3n) is 3.39. The number of halogens is 1. The van der Waals surface area contributed by atoms with Gasteiger partial charge in [-0.05, 0) is 55.3 Å². The van der Waals surface area contributed by atoms with Gasteiger partial charge in [-0.15, -0.1) is 0 Å². The summed E-state index contributed by atoms with van der Waals surface area (Å²) in [5, 5.41) is 24.7. The van der Waals surface area contributed by atoms with E-state index < -0.39 is 5.91 Å². The number of carbonyl (C=O) groups is 1. The van der Waals surface area contributed by atoms with Crippen LogP contribution in [0.2, 0.25) is 5.02 Å². The monoisotopic (exact) mass is 341 g/mol. The van der Waals surface area contributed by atoms with Gasteiger partial charge in [0.2, 0.25) is 0 Å². The first-order valence-corrected chi connectivity index (χ1v) is 7.52. The van der Waals surface area contributed by atoms with Crippen molar-refractivity contribution in [1.29, 1.82) is 5.26 Å². The highest BCUT2D eigenvalue weighted by Crippen LogP contribution is 2.22. The Morgan fingerprint density at radius 1 is 1.17 bits per heavy atom. The molecular weight excluding hydrogens is 326 g/mol. The van der Waals surface area contributed by atoms with Crippen molar-refractivity contribution in [2.24, 2.45) is 0 Å². The van der Waals surface area contributed by atoms with Crippen LogP contribution in [0.5, 0.6) is 5.75 Å². The summed E-state index contributed by atoms with van der Waals surface area (Å²) < 4.78 is 0. The van der Waals surface area contributed by atoms with E-state index in [1.807, 2.05) is 19.1 Å². The van der Waals surface area contributed by atoms with E-state index >= 15 is 0 Å². The third kappa shape index (κ3) is 4.28. The summed E-state index contributed by atoms with van der Waals surface area (Å²) in [4.78, 5) is 12.2. The minimum Gasteiger partial charge on any atom is -0.508 e. The molecular formula is C18H16ClN3O2. The van der Waals surface area contributed by atoms with Crippen molar-refractivity contribution in [3.05, 3.63) is 64.3 Å². The average Bonchev–Trinajstić information content (AvgIpc) is 2.54. The smallest absolute Gasteiger partial charge is 0.267 e. The van der Waals surface area contributed by atoms with Crippen LogP contribution in [0.3, 0.4) is 0 Å². The van der Waals surface area contributed by atoms with E-state index in [0.717, 1.165) is 5.56 Å². The fourth-order valence-electron chi connectivity index (χ4n) is 2.03. The molecule has 6 heteroatoms. The summed E-state index contributed by atoms with van der Waals surface area (Å²) in [5.41, 5.74) is 2.78. The molecule has 0 bridgehead atoms. The number of hydrogen-bond acceptors (Lipinski definition) is 4. The maximum absolute atomic E-state index is 12.2. The molecule has 24 heavy (non-hydrogen) atoms. The summed E-state index contributed by atoms with van der Waals surface area (Å²) in [6, 6.07) is 11.7. The number of aryl methyl sites for hydroxylation is 2. The fourth-order valence-corrected chi connectivity index (χ4v) is 2.20. The van der Waals surface area contributed by atoms with Crippen molar-refractivity contribution in [2.45, 2.75) is 13.8 Å². The molecule has 0 aliphatic rings. The van der Waals surface area contributed by atoms with Crippen molar-refractivity contribution < 1.29 is 9.90 Å². The number of nitriles is 1. The largest absolute Gasteiger partial charge is 0.508 e. The van der Waals surface area contributed by atoms with Crippen molar-refractivity contribution in [1.82, 2.24) is 0 Å². The van der Waals surface area contributed by atoms with Crippen LogP contribution in [0.15, 0.2) is 48.2 Å². The minimum atomic E-state index is -0.543. The van der Waals surface area contributed by atoms with E-state index in [1.165, 1.54) is 18.3 Å². The zero-order valence-electron chi connectivity index (χ0n) is 13.2. The number of benzene rings is 2. The van der Waals surface area contributed by atoms with Crippen LogP contribution in [0, 0.1) is 25.2 Å². The predicted octanol–water partition coefficient (Wildman–Crippen LogP) is 4.12. The first kappa shape index (κ1) is 17.4. The highest BCUT2D eigenvalue weighted by Gasteiger charge is 2.11. The number of amides is 1. The van der Waals surface area contributed by atoms with Gasteiger partial charge in [0.15, 0.2) is 0 Å². The number of hydrogen-bond donors (Lipinski definition) is 3. The number of carbonyl (C=O) groups excluding carboxylic acids is 1. The van der Waals surface area contributed by atoms with Crippen molar-refractivity contribution in [3.8, 4) is 11.8 Å². The van der Waals surface area contributed by atoms with Gasteiger partial charge in [-0.25, -0.2) is 0 Å². The average molecular weight is 342 g/mol. The maximum atomic E-state index is 12.2. The Kier molecular flexibility index (Phi) is 5.46. The first-order valence-electron chi connectivity index (χ1n) is 7.14. The Hall–Kier alpha value is -2.97. The summed E-state index contributed by atoms with van der Waals surface area (Å²) in [7, 11) is 0. The van der Waals surface area contributed by atoms with E-state index in [9.17, 15) is 15.2 Å². The van der Waals surface area contributed by atoms with E-state index in [1.54, 1.807) is 25.1 Å². The molecule has 2 rings (SSSR count). The molecule has 1 amide bonds. The van der Waals surface area contributed by atoms with Gasteiger partial charge >= 0.3 is 0 Å². The predicted molar refractivity (Wildman–Crippen MR) is 95.0 cm³/mol. The molecule has 0 saturated carbocycles. The Balaban J connectivity index is 2.16. The van der Waals surface area contributed by atoms with Gasteiger partial charge in [0.1, 0.15) is 17.4 Å². The number of rotatable bonds is 4. The molecule has 0 aliphatic heterocycles. The van der Waals surface area contributed by atoms with Gasteiger partial charge < -0.3 is 15.7 Å². The molecule has 0 unspecified atom stereocenters. The molecule has 0 fully saturated rings. The van der Waals surface area contributed by atoms with E-state index in [2.05, 4.69) is 10.6 Å². The van der Waals surface area contributed by atoms with Gasteiger partial charge in [0, 0.05) is 22.6 Å². The minimum absolute atomic E-state index is 0.0816. The Morgan fingerprint density at radius 2 is 1.92 bits per heavy atom. The van der Waals surface area contributed by atoms with Gasteiger partial charge in [-0.3, -0.25) is 4.79 Å². The molecule has 0 saturated heterocycles. The summed E-state index contributed by atoms with van der Waals surface area (Å²) in [6.07, 6.45) is 1.34. The van der Waals surface area contributed by atoms with Crippen LogP contribution in [0.1, 0.15) is 11.1 Å². The van der Waals surface area contributed by atoms with Crippen LogP contribution in [-0.4, -0.2) is 11.0 Å². The fraction of sp³-hybridized carbons (Fsp3) is 0.111. The zero-order valence-corrected chi connectivity index (χ0v) is 14.0. The number of nitrogens with one attached hydrogen (secondary N) is 2. The van der Waals surface area contributed by atoms with Crippen molar-refractivity contribution in [2.75, 3.05) is 10.6 Å². The Bertz CT molecular complexity index is 854. The molecule has 0 radical (unpaired) electrons. The second kappa shape index (κ2) is 7.53. The summed E-state index contributed by atoms with van der Waals surface area (Å²) >= 11 is 5.94. The van der Waals surface area contributed by atoms with Crippen LogP contribution in [-0.2, 0) is 4.79 Å². The lowest BCUT2D eigenvalue weighted by molar-refractivity contribution is -0.112. The van der Waals surface area contributed by atoms with Crippen molar-refractivity contribution in [3.63, 3.8) is 0 Å². The Morgan fingerprint density at radius 3 is 2.58 bits per heavy atom. The molecule has 2 aromatic carbocycles. The normalized spacial score (nSPS) is 10.8. The number of nitrogens with zero attached hydrogens (tertiary/aromatic N) is 1. The van der Waals surface area contributed by atoms with Crippen LogP contribution < -0.4 is 10.6 Å². The highest BCUT2D eigenvalue weighted by molar-refractivity contribution is 6.30. The van der Waals surface area contributed by atoms with Crippen LogP contribution in [0.4, 0.5) is 11.4 Å². The molecule has 0 atom stereocenters. The number of phenolic OH excluding ortho intramolecular Hbond substituents is 1. The molecule has 0 aromatic heterocycles. The molecule has 3 N–H and O–H groups in total. The lowest BCUT2D eigenvalue weighted by Gasteiger charge is -2.09. The second-order valence-corrected chi connectivity index (χ2v) is 5.66. The van der Waals surface area contributed by atoms with Crippen molar-refractivity contribution >= 4 is 28.9 Å². The zero-order chi connectivity index (χ0) is 17.7. The van der Waals surface area contributed by atoms with Crippen LogP contribution >= 0.6 is 11.6 Å². The van der Waals surface area contributed by atoms with E-state index in [-0.39, 0.29) is 11.3 Å². The molecule has 2 aromatic rings. The summed E-state index contributed by atoms with van der Waals surface area (Å²) in [5.74, 6) is -0.432. The van der Waals surface area contributed by atoms with E-state index in [4.69, 9.17) is 11.6 Å². The summed E-state index contributed by atoms with van der Waals surface area (Å²) in [6.45, 7) is 3.64. The molecule has 0 spiro atoms. The quantitative estimate of drug-likeness (QED) is 0.443. The third-order valence-corrected chi connectivity index (χ3v) is 3.63. The standard InChI is InChI=1S/C18H16ClN3O2/c1-11-3-4-14(19)8-17(11)21-10-13(9-20)18(24)22-16-6-5-15(23)7-12(16)2/h3-8,10,21,23H,1-2H3,(H,22,24)/b13-10-. The van der Waals surface area contributed by atoms with Gasteiger partial charge in [0.05, 0.1) is 0 Å². The number of anilines is 2. The number of aromatic hydroxyl groups is 1. The molecule has 0 heterocycles. The topological polar surface area (TPSA) is 85.2 Å². The van der Waals surface area contributed by atoms with Gasteiger partial charge in [-0.2, -0.15) is 5.26 Å². The van der Waals surface area contributed by atoms with Crippen LogP contribution in [0.25, 0.3) is 0 Å². The molecule has 0 aliphatic carbocycles. The lowest BCUT2D eigenvalue weighted by atomic mass is 10.1. The molecule has 5 nitrogen and oxygen atoms in total. The molecule has 122 valence electrons. The number of phenols is 1. The first-order chi connectivity index (χ1) is 11.4.